The summed E-state index contributed by atoms with van der Waals surface area (Å²) in [5, 5.41) is 4.23. The second-order valence-corrected chi connectivity index (χ2v) is 6.24. The molecule has 7 heteroatoms. The van der Waals surface area contributed by atoms with E-state index >= 15 is 0 Å². The van der Waals surface area contributed by atoms with Gasteiger partial charge in [0, 0.05) is 17.4 Å². The van der Waals surface area contributed by atoms with Crippen molar-refractivity contribution >= 4 is 18.6 Å². The van der Waals surface area contributed by atoms with Crippen LogP contribution in [0.25, 0.3) is 0 Å². The minimum Gasteiger partial charge on any atom is -0.465 e. The van der Waals surface area contributed by atoms with E-state index < -0.39 is 18.3 Å². The SMILES string of the molecule is CCOC(=O)Cn1ncc(B2OC(C)(C)C(C)(C)O2)c1C. The lowest BCUT2D eigenvalue weighted by Gasteiger charge is -2.32. The van der Waals surface area contributed by atoms with Crippen molar-refractivity contribution in [3.63, 3.8) is 0 Å². The summed E-state index contributed by atoms with van der Waals surface area (Å²) in [5.74, 6) is -0.302. The molecule has 0 atom stereocenters. The van der Waals surface area contributed by atoms with E-state index in [1.54, 1.807) is 17.8 Å². The fraction of sp³-hybridized carbons (Fsp3) is 0.714. The standard InChI is InChI=1S/C14H23BN2O4/c1-7-19-12(18)9-17-10(2)11(8-16-17)15-20-13(3,4)14(5,6)21-15/h8H,7,9H2,1-6H3. The highest BCUT2D eigenvalue weighted by molar-refractivity contribution is 6.62. The fourth-order valence-electron chi connectivity index (χ4n) is 2.15. The molecule has 0 saturated carbocycles. The maximum absolute atomic E-state index is 11.6. The zero-order chi connectivity index (χ0) is 15.8. The van der Waals surface area contributed by atoms with Gasteiger partial charge >= 0.3 is 13.1 Å². The molecular weight excluding hydrogens is 271 g/mol. The molecule has 116 valence electrons. The van der Waals surface area contributed by atoms with Gasteiger partial charge in [-0.25, -0.2) is 0 Å². The Kier molecular flexibility index (Phi) is 4.17. The molecule has 0 aliphatic carbocycles. The molecule has 0 spiro atoms. The van der Waals surface area contributed by atoms with Gasteiger partial charge in [-0.15, -0.1) is 0 Å². The number of rotatable bonds is 4. The monoisotopic (exact) mass is 294 g/mol. The summed E-state index contributed by atoms with van der Waals surface area (Å²) in [7, 11) is -0.467. The first-order chi connectivity index (χ1) is 9.68. The number of hydrogen-bond acceptors (Lipinski definition) is 5. The Hall–Kier alpha value is -1.34. The average molecular weight is 294 g/mol. The van der Waals surface area contributed by atoms with E-state index in [0.29, 0.717) is 6.61 Å². The zero-order valence-electron chi connectivity index (χ0n) is 13.6. The number of esters is 1. The molecule has 1 aliphatic heterocycles. The predicted octanol–water partition coefficient (Wildman–Crippen LogP) is 1.05. The maximum Gasteiger partial charge on any atom is 0.498 e. The van der Waals surface area contributed by atoms with Gasteiger partial charge in [0.2, 0.25) is 0 Å². The Bertz CT molecular complexity index is 523. The molecule has 0 amide bonds. The van der Waals surface area contributed by atoms with Crippen LogP contribution in [0.2, 0.25) is 0 Å². The van der Waals surface area contributed by atoms with Crippen molar-refractivity contribution in [2.75, 3.05) is 6.61 Å². The molecule has 0 N–H and O–H groups in total. The lowest BCUT2D eigenvalue weighted by atomic mass is 9.79. The van der Waals surface area contributed by atoms with Gasteiger partial charge in [-0.3, -0.25) is 9.48 Å². The molecule has 1 aromatic rings. The molecule has 6 nitrogen and oxygen atoms in total. The highest BCUT2D eigenvalue weighted by Gasteiger charge is 2.52. The van der Waals surface area contributed by atoms with Crippen molar-refractivity contribution < 1.29 is 18.8 Å². The quantitative estimate of drug-likeness (QED) is 0.613. The van der Waals surface area contributed by atoms with E-state index in [2.05, 4.69) is 5.10 Å². The van der Waals surface area contributed by atoms with Crippen LogP contribution in [0.5, 0.6) is 0 Å². The van der Waals surface area contributed by atoms with Crippen molar-refractivity contribution in [2.24, 2.45) is 0 Å². The van der Waals surface area contributed by atoms with Crippen LogP contribution >= 0.6 is 0 Å². The van der Waals surface area contributed by atoms with Crippen molar-refractivity contribution in [2.45, 2.75) is 59.3 Å². The molecular formula is C14H23BN2O4. The molecule has 1 aliphatic rings. The molecule has 0 radical (unpaired) electrons. The number of carbonyl (C=O) groups excluding carboxylic acids is 1. The maximum atomic E-state index is 11.6. The van der Waals surface area contributed by atoms with Gasteiger partial charge in [0.05, 0.1) is 17.8 Å². The molecule has 1 aromatic heterocycles. The van der Waals surface area contributed by atoms with Crippen LogP contribution in [-0.4, -0.2) is 40.7 Å². The predicted molar refractivity (Wildman–Crippen MR) is 79.3 cm³/mol. The molecule has 0 unspecified atom stereocenters. The molecule has 21 heavy (non-hydrogen) atoms. The summed E-state index contributed by atoms with van der Waals surface area (Å²) in [6, 6.07) is 0. The number of ether oxygens (including phenoxy) is 1. The molecule has 0 bridgehead atoms. The minimum atomic E-state index is -0.467. The second-order valence-electron chi connectivity index (χ2n) is 6.24. The van der Waals surface area contributed by atoms with Gasteiger partial charge in [-0.05, 0) is 41.5 Å². The third-order valence-electron chi connectivity index (χ3n) is 4.23. The number of hydrogen-bond donors (Lipinski definition) is 0. The van der Waals surface area contributed by atoms with Gasteiger partial charge in [0.15, 0.2) is 0 Å². The van der Waals surface area contributed by atoms with E-state index in [1.807, 2.05) is 34.6 Å². The van der Waals surface area contributed by atoms with Gasteiger partial charge < -0.3 is 14.0 Å². The summed E-state index contributed by atoms with van der Waals surface area (Å²) >= 11 is 0. The third-order valence-corrected chi connectivity index (χ3v) is 4.23. The van der Waals surface area contributed by atoms with E-state index in [-0.39, 0.29) is 12.5 Å². The Labute approximate surface area is 125 Å². The van der Waals surface area contributed by atoms with Crippen LogP contribution < -0.4 is 5.46 Å². The van der Waals surface area contributed by atoms with Crippen LogP contribution in [0.1, 0.15) is 40.3 Å². The van der Waals surface area contributed by atoms with Gasteiger partial charge in [-0.1, -0.05) is 0 Å². The van der Waals surface area contributed by atoms with E-state index in [4.69, 9.17) is 14.0 Å². The van der Waals surface area contributed by atoms with Gasteiger partial charge in [0.1, 0.15) is 6.54 Å². The van der Waals surface area contributed by atoms with Crippen LogP contribution in [0, 0.1) is 6.92 Å². The van der Waals surface area contributed by atoms with Gasteiger partial charge in [-0.2, -0.15) is 5.10 Å². The topological polar surface area (TPSA) is 62.6 Å². The lowest BCUT2D eigenvalue weighted by molar-refractivity contribution is -0.144. The first kappa shape index (κ1) is 16.0. The average Bonchev–Trinajstić information content (AvgIpc) is 2.79. The lowest BCUT2D eigenvalue weighted by Crippen LogP contribution is -2.41. The van der Waals surface area contributed by atoms with Crippen molar-refractivity contribution in [1.29, 1.82) is 0 Å². The molecule has 1 saturated heterocycles. The Morgan fingerprint density at radius 1 is 1.33 bits per heavy atom. The summed E-state index contributed by atoms with van der Waals surface area (Å²) in [6.45, 7) is 12.2. The summed E-state index contributed by atoms with van der Waals surface area (Å²) in [4.78, 5) is 11.6. The van der Waals surface area contributed by atoms with Crippen LogP contribution in [0.4, 0.5) is 0 Å². The fourth-order valence-corrected chi connectivity index (χ4v) is 2.15. The van der Waals surface area contributed by atoms with E-state index in [0.717, 1.165) is 11.2 Å². The molecule has 1 fully saturated rings. The first-order valence-electron chi connectivity index (χ1n) is 7.21. The Morgan fingerprint density at radius 3 is 2.43 bits per heavy atom. The minimum absolute atomic E-state index is 0.0964. The smallest absolute Gasteiger partial charge is 0.465 e. The van der Waals surface area contributed by atoms with Crippen molar-refractivity contribution in [3.05, 3.63) is 11.9 Å². The second kappa shape index (κ2) is 5.46. The highest BCUT2D eigenvalue weighted by Crippen LogP contribution is 2.36. The summed E-state index contributed by atoms with van der Waals surface area (Å²) < 4.78 is 18.6. The summed E-state index contributed by atoms with van der Waals surface area (Å²) in [6.07, 6.45) is 1.69. The number of aromatic nitrogens is 2. The molecule has 0 aromatic carbocycles. The van der Waals surface area contributed by atoms with Crippen molar-refractivity contribution in [1.82, 2.24) is 9.78 Å². The molecule has 2 rings (SSSR count). The number of carbonyl (C=O) groups is 1. The first-order valence-corrected chi connectivity index (χ1v) is 7.21. The zero-order valence-corrected chi connectivity index (χ0v) is 13.6. The van der Waals surface area contributed by atoms with Crippen LogP contribution in [0.3, 0.4) is 0 Å². The van der Waals surface area contributed by atoms with Crippen LogP contribution in [0.15, 0.2) is 6.20 Å². The largest absolute Gasteiger partial charge is 0.498 e. The van der Waals surface area contributed by atoms with Crippen molar-refractivity contribution in [3.8, 4) is 0 Å². The van der Waals surface area contributed by atoms with E-state index in [9.17, 15) is 4.79 Å². The normalized spacial score (nSPS) is 19.8. The molecule has 2 heterocycles. The third kappa shape index (κ3) is 2.99. The summed E-state index contributed by atoms with van der Waals surface area (Å²) in [5.41, 5.74) is 0.903. The Morgan fingerprint density at radius 2 is 1.90 bits per heavy atom. The Balaban J connectivity index is 2.16. The van der Waals surface area contributed by atoms with Gasteiger partial charge in [0.25, 0.3) is 0 Å². The van der Waals surface area contributed by atoms with Crippen LogP contribution in [-0.2, 0) is 25.4 Å². The number of nitrogens with zero attached hydrogens (tertiary/aromatic N) is 2. The highest BCUT2D eigenvalue weighted by atomic mass is 16.7. The van der Waals surface area contributed by atoms with E-state index in [1.165, 1.54) is 0 Å².